The molecule has 1 saturated heterocycles. The molecule has 5 nitrogen and oxygen atoms in total. The van der Waals surface area contributed by atoms with Gasteiger partial charge in [-0.15, -0.1) is 0 Å². The quantitative estimate of drug-likeness (QED) is 0.697. The zero-order valence-corrected chi connectivity index (χ0v) is 14.6. The second kappa shape index (κ2) is 6.34. The Labute approximate surface area is 151 Å². The Balaban J connectivity index is 1.36. The van der Waals surface area contributed by atoms with Gasteiger partial charge in [-0.3, -0.25) is 0 Å². The monoisotopic (exact) mass is 352 g/mol. The molecule has 134 valence electrons. The zero-order chi connectivity index (χ0) is 17.5. The fourth-order valence-electron chi connectivity index (χ4n) is 4.37. The Morgan fingerprint density at radius 1 is 1.08 bits per heavy atom. The second-order valence-corrected chi connectivity index (χ2v) is 7.30. The second-order valence-electron chi connectivity index (χ2n) is 7.30. The fraction of sp³-hybridized carbons (Fsp3) is 0.450. The Kier molecular flexibility index (Phi) is 3.84. The lowest BCUT2D eigenvalue weighted by atomic mass is 9.90. The van der Waals surface area contributed by atoms with E-state index in [-0.39, 0.29) is 5.82 Å². The summed E-state index contributed by atoms with van der Waals surface area (Å²) in [4.78, 5) is 11.5. The molecule has 5 rings (SSSR count). The highest BCUT2D eigenvalue weighted by molar-refractivity contribution is 5.80. The third-order valence-corrected chi connectivity index (χ3v) is 5.75. The van der Waals surface area contributed by atoms with Crippen LogP contribution in [0.3, 0.4) is 0 Å². The molecule has 3 aromatic rings. The summed E-state index contributed by atoms with van der Waals surface area (Å²) in [6.45, 7) is 1.90. The maximum Gasteiger partial charge on any atom is 0.170 e. The standard InChI is InChI=1S/C20H21FN4O/c21-14-5-6-16-18(11-14)26-24-19(16)13-7-9-25(10-8-13)20-15-3-1-2-4-17(15)22-12-23-20/h5-6,11-13H,1-4,7-10H2. The van der Waals surface area contributed by atoms with Crippen molar-refractivity contribution in [2.75, 3.05) is 18.0 Å². The van der Waals surface area contributed by atoms with Crippen LogP contribution in [0.2, 0.25) is 0 Å². The van der Waals surface area contributed by atoms with Crippen LogP contribution >= 0.6 is 0 Å². The summed E-state index contributed by atoms with van der Waals surface area (Å²) in [5.74, 6) is 1.18. The Hall–Kier alpha value is -2.50. The van der Waals surface area contributed by atoms with Crippen molar-refractivity contribution in [2.24, 2.45) is 0 Å². The van der Waals surface area contributed by atoms with E-state index in [1.807, 2.05) is 0 Å². The summed E-state index contributed by atoms with van der Waals surface area (Å²) in [6, 6.07) is 4.67. The van der Waals surface area contributed by atoms with E-state index in [0.29, 0.717) is 11.5 Å². The molecule has 6 heteroatoms. The predicted molar refractivity (Wildman–Crippen MR) is 96.8 cm³/mol. The normalized spacial score (nSPS) is 18.3. The van der Waals surface area contributed by atoms with Crippen molar-refractivity contribution < 1.29 is 8.91 Å². The number of nitrogens with zero attached hydrogens (tertiary/aromatic N) is 4. The molecule has 0 spiro atoms. The minimum absolute atomic E-state index is 0.288. The summed E-state index contributed by atoms with van der Waals surface area (Å²) in [6.07, 6.45) is 8.32. The van der Waals surface area contributed by atoms with E-state index in [2.05, 4.69) is 20.0 Å². The Morgan fingerprint density at radius 3 is 2.81 bits per heavy atom. The third-order valence-electron chi connectivity index (χ3n) is 5.75. The first-order chi connectivity index (χ1) is 12.8. The van der Waals surface area contributed by atoms with E-state index < -0.39 is 0 Å². The predicted octanol–water partition coefficient (Wildman–Crippen LogP) is 4.02. The number of fused-ring (bicyclic) bond motifs is 2. The molecule has 1 fully saturated rings. The van der Waals surface area contributed by atoms with Crippen LogP contribution in [0.1, 0.15) is 48.6 Å². The van der Waals surface area contributed by atoms with Gasteiger partial charge in [0.1, 0.15) is 18.0 Å². The van der Waals surface area contributed by atoms with Crippen molar-refractivity contribution in [3.8, 4) is 0 Å². The van der Waals surface area contributed by atoms with E-state index in [1.54, 1.807) is 12.4 Å². The van der Waals surface area contributed by atoms with E-state index in [0.717, 1.165) is 55.7 Å². The van der Waals surface area contributed by atoms with E-state index in [4.69, 9.17) is 4.52 Å². The number of halogens is 1. The molecule has 1 aliphatic heterocycles. The van der Waals surface area contributed by atoms with Gasteiger partial charge in [-0.1, -0.05) is 5.16 Å². The van der Waals surface area contributed by atoms with Crippen molar-refractivity contribution in [3.63, 3.8) is 0 Å². The van der Waals surface area contributed by atoms with Gasteiger partial charge in [-0.05, 0) is 50.7 Å². The average molecular weight is 352 g/mol. The molecule has 0 atom stereocenters. The number of hydrogen-bond donors (Lipinski definition) is 0. The number of aromatic nitrogens is 3. The first kappa shape index (κ1) is 15.7. The molecule has 2 aromatic heterocycles. The van der Waals surface area contributed by atoms with Crippen LogP contribution in [-0.2, 0) is 12.8 Å². The number of piperidine rings is 1. The maximum atomic E-state index is 13.4. The van der Waals surface area contributed by atoms with E-state index in [1.165, 1.54) is 36.2 Å². The van der Waals surface area contributed by atoms with Crippen molar-refractivity contribution >= 4 is 16.8 Å². The van der Waals surface area contributed by atoms with Gasteiger partial charge in [-0.25, -0.2) is 14.4 Å². The summed E-state index contributed by atoms with van der Waals surface area (Å²) in [7, 11) is 0. The number of hydrogen-bond acceptors (Lipinski definition) is 5. The highest BCUT2D eigenvalue weighted by atomic mass is 19.1. The van der Waals surface area contributed by atoms with E-state index >= 15 is 0 Å². The highest BCUT2D eigenvalue weighted by Crippen LogP contribution is 2.35. The Morgan fingerprint density at radius 2 is 1.92 bits per heavy atom. The molecule has 26 heavy (non-hydrogen) atoms. The van der Waals surface area contributed by atoms with Crippen molar-refractivity contribution in [1.29, 1.82) is 0 Å². The lowest BCUT2D eigenvalue weighted by molar-refractivity contribution is 0.415. The molecule has 2 aliphatic rings. The Bertz CT molecular complexity index is 946. The first-order valence-electron chi connectivity index (χ1n) is 9.42. The average Bonchev–Trinajstić information content (AvgIpc) is 3.10. The molecule has 0 bridgehead atoms. The number of aryl methyl sites for hydroxylation is 1. The first-order valence-corrected chi connectivity index (χ1v) is 9.42. The largest absolute Gasteiger partial charge is 0.356 e. The van der Waals surface area contributed by atoms with Crippen LogP contribution in [0.4, 0.5) is 10.2 Å². The van der Waals surface area contributed by atoms with Crippen LogP contribution < -0.4 is 4.90 Å². The highest BCUT2D eigenvalue weighted by Gasteiger charge is 2.28. The van der Waals surface area contributed by atoms with Gasteiger partial charge in [-0.2, -0.15) is 0 Å². The third kappa shape index (κ3) is 2.64. The van der Waals surface area contributed by atoms with Gasteiger partial charge < -0.3 is 9.42 Å². The van der Waals surface area contributed by atoms with Crippen LogP contribution in [0.25, 0.3) is 11.0 Å². The van der Waals surface area contributed by atoms with Gasteiger partial charge in [0, 0.05) is 41.7 Å². The van der Waals surface area contributed by atoms with E-state index in [9.17, 15) is 4.39 Å². The summed E-state index contributed by atoms with van der Waals surface area (Å²) in [5, 5.41) is 5.18. The SMILES string of the molecule is Fc1ccc2c(C3CCN(c4ncnc5c4CCCC5)CC3)noc2c1. The minimum atomic E-state index is -0.288. The summed E-state index contributed by atoms with van der Waals surface area (Å²) >= 11 is 0. The van der Waals surface area contributed by atoms with Crippen molar-refractivity contribution in [1.82, 2.24) is 15.1 Å². The van der Waals surface area contributed by atoms with Gasteiger partial charge in [0.25, 0.3) is 0 Å². The molecule has 0 amide bonds. The van der Waals surface area contributed by atoms with Crippen LogP contribution in [-0.4, -0.2) is 28.2 Å². The van der Waals surface area contributed by atoms with Gasteiger partial charge in [0.15, 0.2) is 5.58 Å². The lowest BCUT2D eigenvalue weighted by Gasteiger charge is -2.34. The number of anilines is 1. The van der Waals surface area contributed by atoms with Crippen LogP contribution in [0.5, 0.6) is 0 Å². The molecular weight excluding hydrogens is 331 g/mol. The minimum Gasteiger partial charge on any atom is -0.356 e. The van der Waals surface area contributed by atoms with Gasteiger partial charge in [0.05, 0.1) is 5.69 Å². The fourth-order valence-corrected chi connectivity index (χ4v) is 4.37. The smallest absolute Gasteiger partial charge is 0.170 e. The number of rotatable bonds is 2. The number of benzene rings is 1. The molecule has 3 heterocycles. The molecule has 1 aliphatic carbocycles. The molecule has 1 aromatic carbocycles. The van der Waals surface area contributed by atoms with Crippen LogP contribution in [0.15, 0.2) is 29.0 Å². The summed E-state index contributed by atoms with van der Waals surface area (Å²) < 4.78 is 18.7. The lowest BCUT2D eigenvalue weighted by Crippen LogP contribution is -2.35. The van der Waals surface area contributed by atoms with Gasteiger partial charge in [0.2, 0.25) is 0 Å². The molecule has 0 radical (unpaired) electrons. The molecule has 0 unspecified atom stereocenters. The molecule has 0 saturated carbocycles. The summed E-state index contributed by atoms with van der Waals surface area (Å²) in [5.41, 5.74) is 4.07. The molecular formula is C20H21FN4O. The van der Waals surface area contributed by atoms with Crippen molar-refractivity contribution in [2.45, 2.75) is 44.4 Å². The zero-order valence-electron chi connectivity index (χ0n) is 14.6. The van der Waals surface area contributed by atoms with Crippen molar-refractivity contribution in [3.05, 3.63) is 47.3 Å². The maximum absolute atomic E-state index is 13.4. The van der Waals surface area contributed by atoms with Gasteiger partial charge >= 0.3 is 0 Å². The molecule has 0 N–H and O–H groups in total. The van der Waals surface area contributed by atoms with Crippen LogP contribution in [0, 0.1) is 5.82 Å². The topological polar surface area (TPSA) is 55.1 Å².